The maximum atomic E-state index is 11.4. The number of hydrogen-bond donors (Lipinski definition) is 1. The first kappa shape index (κ1) is 17.7. The largest absolute Gasteiger partial charge is 0.478 e. The van der Waals surface area contributed by atoms with Crippen molar-refractivity contribution in [3.8, 4) is 11.5 Å². The van der Waals surface area contributed by atoms with E-state index in [0.717, 1.165) is 36.2 Å². The Bertz CT molecular complexity index is 1260. The molecular formula is C23H21N3O3. The molecule has 0 amide bonds. The molecule has 29 heavy (non-hydrogen) atoms. The van der Waals surface area contributed by atoms with E-state index < -0.39 is 5.97 Å². The third kappa shape index (κ3) is 3.01. The molecule has 1 aliphatic rings. The first-order valence-corrected chi connectivity index (χ1v) is 9.82. The van der Waals surface area contributed by atoms with E-state index in [1.807, 2.05) is 18.2 Å². The second kappa shape index (κ2) is 6.58. The Balaban J connectivity index is 1.75. The Morgan fingerprint density at radius 2 is 2.00 bits per heavy atom. The fourth-order valence-electron chi connectivity index (χ4n) is 4.07. The predicted octanol–water partition coefficient (Wildman–Crippen LogP) is 5.04. The third-order valence-electron chi connectivity index (χ3n) is 5.62. The van der Waals surface area contributed by atoms with Crippen LogP contribution < -0.4 is 4.90 Å². The Labute approximate surface area is 167 Å². The fraction of sp³-hybridized carbons (Fsp3) is 0.261. The van der Waals surface area contributed by atoms with Crippen molar-refractivity contribution in [1.29, 1.82) is 0 Å². The summed E-state index contributed by atoms with van der Waals surface area (Å²) < 4.78 is 6.13. The van der Waals surface area contributed by atoms with Crippen LogP contribution in [0.15, 0.2) is 46.9 Å². The summed E-state index contributed by atoms with van der Waals surface area (Å²) in [5.74, 6) is 0.457. The molecule has 1 saturated heterocycles. The lowest BCUT2D eigenvalue weighted by Crippen LogP contribution is -2.28. The highest BCUT2D eigenvalue weighted by Crippen LogP contribution is 2.36. The van der Waals surface area contributed by atoms with Gasteiger partial charge in [0.2, 0.25) is 0 Å². The van der Waals surface area contributed by atoms with Crippen LogP contribution in [0.25, 0.3) is 33.5 Å². The molecule has 2 aromatic heterocycles. The van der Waals surface area contributed by atoms with Crippen molar-refractivity contribution in [2.24, 2.45) is 0 Å². The maximum Gasteiger partial charge on any atom is 0.335 e. The molecule has 0 bridgehead atoms. The van der Waals surface area contributed by atoms with Crippen LogP contribution in [0, 0.1) is 6.92 Å². The van der Waals surface area contributed by atoms with Crippen molar-refractivity contribution in [1.82, 2.24) is 9.97 Å². The number of carbonyl (C=O) groups is 1. The molecule has 1 aliphatic heterocycles. The molecule has 2 aromatic carbocycles. The number of benzene rings is 2. The number of anilines is 1. The number of aromatic nitrogens is 2. The van der Waals surface area contributed by atoms with E-state index in [0.29, 0.717) is 28.5 Å². The van der Waals surface area contributed by atoms with E-state index in [-0.39, 0.29) is 5.56 Å². The highest BCUT2D eigenvalue weighted by atomic mass is 16.4. The minimum absolute atomic E-state index is 0.208. The number of hydrogen-bond acceptors (Lipinski definition) is 5. The summed E-state index contributed by atoms with van der Waals surface area (Å²) >= 11 is 0. The number of rotatable bonds is 3. The lowest BCUT2D eigenvalue weighted by molar-refractivity contribution is 0.0697. The van der Waals surface area contributed by atoms with E-state index in [9.17, 15) is 9.90 Å². The molecule has 1 atom stereocenters. The number of fused-ring (bicyclic) bond motifs is 2. The van der Waals surface area contributed by atoms with E-state index in [1.54, 1.807) is 18.2 Å². The second-order valence-corrected chi connectivity index (χ2v) is 7.74. The summed E-state index contributed by atoms with van der Waals surface area (Å²) in [6.07, 6.45) is 2.18. The smallest absolute Gasteiger partial charge is 0.335 e. The number of aromatic carboxylic acids is 1. The first-order chi connectivity index (χ1) is 14.0. The Morgan fingerprint density at radius 3 is 2.76 bits per heavy atom. The number of furan rings is 1. The van der Waals surface area contributed by atoms with E-state index in [1.165, 1.54) is 5.56 Å². The number of aryl methyl sites for hydroxylation is 1. The summed E-state index contributed by atoms with van der Waals surface area (Å²) in [4.78, 5) is 23.3. The summed E-state index contributed by atoms with van der Waals surface area (Å²) in [6, 6.07) is 13.3. The Morgan fingerprint density at radius 1 is 1.14 bits per heavy atom. The van der Waals surface area contributed by atoms with Crippen molar-refractivity contribution >= 4 is 33.8 Å². The molecule has 1 fully saturated rings. The summed E-state index contributed by atoms with van der Waals surface area (Å²) in [5, 5.41) is 10.4. The molecule has 3 heterocycles. The minimum Gasteiger partial charge on any atom is -0.478 e. The molecule has 0 saturated carbocycles. The van der Waals surface area contributed by atoms with Gasteiger partial charge >= 0.3 is 5.97 Å². The van der Waals surface area contributed by atoms with Crippen molar-refractivity contribution < 1.29 is 14.3 Å². The van der Waals surface area contributed by atoms with Gasteiger partial charge in [0.1, 0.15) is 11.3 Å². The molecule has 1 N–H and O–H groups in total. The van der Waals surface area contributed by atoms with Gasteiger partial charge in [0.15, 0.2) is 11.6 Å². The highest BCUT2D eigenvalue weighted by molar-refractivity contribution is 5.94. The molecule has 0 radical (unpaired) electrons. The van der Waals surface area contributed by atoms with E-state index in [2.05, 4.69) is 24.8 Å². The van der Waals surface area contributed by atoms with Crippen molar-refractivity contribution in [2.75, 3.05) is 11.4 Å². The van der Waals surface area contributed by atoms with Gasteiger partial charge in [-0.2, -0.15) is 0 Å². The van der Waals surface area contributed by atoms with E-state index >= 15 is 0 Å². The summed E-state index contributed by atoms with van der Waals surface area (Å²) in [5.41, 5.74) is 4.12. The van der Waals surface area contributed by atoms with Gasteiger partial charge in [0, 0.05) is 18.0 Å². The van der Waals surface area contributed by atoms with Crippen molar-refractivity contribution in [2.45, 2.75) is 32.7 Å². The van der Waals surface area contributed by atoms with Crippen LogP contribution in [-0.2, 0) is 0 Å². The molecule has 146 valence electrons. The topological polar surface area (TPSA) is 79.5 Å². The summed E-state index contributed by atoms with van der Waals surface area (Å²) in [6.45, 7) is 5.13. The molecule has 6 nitrogen and oxygen atoms in total. The van der Waals surface area contributed by atoms with Gasteiger partial charge in [-0.3, -0.25) is 0 Å². The minimum atomic E-state index is -0.971. The second-order valence-electron chi connectivity index (χ2n) is 7.74. The van der Waals surface area contributed by atoms with Gasteiger partial charge < -0.3 is 14.4 Å². The number of carboxylic acids is 1. The zero-order valence-corrected chi connectivity index (χ0v) is 16.3. The van der Waals surface area contributed by atoms with E-state index in [4.69, 9.17) is 14.4 Å². The van der Waals surface area contributed by atoms with Crippen molar-refractivity contribution in [3.05, 3.63) is 53.6 Å². The van der Waals surface area contributed by atoms with Crippen LogP contribution in [0.5, 0.6) is 0 Å². The maximum absolute atomic E-state index is 11.4. The number of nitrogens with zero attached hydrogens (tertiary/aromatic N) is 3. The zero-order valence-electron chi connectivity index (χ0n) is 16.3. The monoisotopic (exact) mass is 387 g/mol. The van der Waals surface area contributed by atoms with Crippen LogP contribution in [0.3, 0.4) is 0 Å². The SMILES string of the molecule is Cc1ccc2oc(-c3nc4ccc(C(=O)O)cc4nc3N3CCC[C@@H]3C)cc2c1. The Kier molecular flexibility index (Phi) is 4.01. The predicted molar refractivity (Wildman–Crippen MR) is 112 cm³/mol. The number of carboxylic acid groups (broad SMARTS) is 1. The molecule has 4 aromatic rings. The standard InChI is InChI=1S/C23H21N3O3/c1-13-5-8-19-16(10-13)12-20(29-19)21-22(26-9-3-4-14(26)2)25-18-11-15(23(27)28)6-7-17(18)24-21/h5-8,10-12,14H,3-4,9H2,1-2H3,(H,27,28)/t14-/m0/s1. The summed E-state index contributed by atoms with van der Waals surface area (Å²) in [7, 11) is 0. The van der Waals surface area contributed by atoms with Gasteiger partial charge in [0.05, 0.1) is 16.6 Å². The van der Waals surface area contributed by atoms with Gasteiger partial charge in [-0.1, -0.05) is 11.6 Å². The average Bonchev–Trinajstić information content (AvgIpc) is 3.31. The average molecular weight is 387 g/mol. The highest BCUT2D eigenvalue weighted by Gasteiger charge is 2.27. The van der Waals surface area contributed by atoms with Crippen LogP contribution >= 0.6 is 0 Å². The van der Waals surface area contributed by atoms with Gasteiger partial charge in [-0.15, -0.1) is 0 Å². The normalized spacial score (nSPS) is 16.8. The van der Waals surface area contributed by atoms with Gasteiger partial charge in [-0.25, -0.2) is 14.8 Å². The molecule has 6 heteroatoms. The van der Waals surface area contributed by atoms with Crippen LogP contribution in [-0.4, -0.2) is 33.6 Å². The molecule has 5 rings (SSSR count). The van der Waals surface area contributed by atoms with Crippen LogP contribution in [0.4, 0.5) is 5.82 Å². The zero-order chi connectivity index (χ0) is 20.1. The molecule has 0 spiro atoms. The quantitative estimate of drug-likeness (QED) is 0.531. The lowest BCUT2D eigenvalue weighted by Gasteiger charge is -2.24. The van der Waals surface area contributed by atoms with Crippen LogP contribution in [0.1, 0.15) is 35.7 Å². The van der Waals surface area contributed by atoms with Crippen LogP contribution in [0.2, 0.25) is 0 Å². The lowest BCUT2D eigenvalue weighted by atomic mass is 10.1. The van der Waals surface area contributed by atoms with Crippen molar-refractivity contribution in [3.63, 3.8) is 0 Å². The molecular weight excluding hydrogens is 366 g/mol. The van der Waals surface area contributed by atoms with Gasteiger partial charge in [-0.05, 0) is 63.1 Å². The Hall–Kier alpha value is -3.41. The molecule has 0 aliphatic carbocycles. The molecule has 0 unspecified atom stereocenters. The fourth-order valence-corrected chi connectivity index (χ4v) is 4.07. The van der Waals surface area contributed by atoms with Gasteiger partial charge in [0.25, 0.3) is 0 Å². The first-order valence-electron chi connectivity index (χ1n) is 9.82. The third-order valence-corrected chi connectivity index (χ3v) is 5.62.